The Balaban J connectivity index is 1.55. The molecule has 1 aromatic heterocycles. The molecular weight excluding hydrogens is 328 g/mol. The lowest BCUT2D eigenvalue weighted by molar-refractivity contribution is 0.170. The van der Waals surface area contributed by atoms with Gasteiger partial charge in [-0.25, -0.2) is 9.97 Å². The van der Waals surface area contributed by atoms with Gasteiger partial charge in [-0.3, -0.25) is 0 Å². The van der Waals surface area contributed by atoms with Gasteiger partial charge in [0.2, 0.25) is 6.79 Å². The smallest absolute Gasteiger partial charge is 0.231 e. The maximum absolute atomic E-state index is 5.46. The number of piperidine rings is 1. The van der Waals surface area contributed by atoms with E-state index in [1.165, 1.54) is 0 Å². The van der Waals surface area contributed by atoms with Crippen molar-refractivity contribution in [2.75, 3.05) is 12.1 Å². The summed E-state index contributed by atoms with van der Waals surface area (Å²) in [5, 5.41) is 7.32. The van der Waals surface area contributed by atoms with Crippen LogP contribution in [0.2, 0.25) is 0 Å². The van der Waals surface area contributed by atoms with E-state index in [2.05, 4.69) is 43.3 Å². The van der Waals surface area contributed by atoms with Crippen LogP contribution in [0.25, 0.3) is 11.4 Å². The van der Waals surface area contributed by atoms with Gasteiger partial charge in [-0.2, -0.15) is 0 Å². The third-order valence-corrected chi connectivity index (χ3v) is 4.83. The van der Waals surface area contributed by atoms with Gasteiger partial charge >= 0.3 is 0 Å². The molecule has 0 spiro atoms. The Morgan fingerprint density at radius 1 is 1.04 bits per heavy atom. The molecule has 2 aliphatic rings. The Kier molecular flexibility index (Phi) is 4.03. The van der Waals surface area contributed by atoms with E-state index in [0.29, 0.717) is 11.9 Å². The fourth-order valence-corrected chi connectivity index (χ4v) is 4.25. The molecule has 0 bridgehead atoms. The Labute approximate surface area is 154 Å². The zero-order valence-corrected chi connectivity index (χ0v) is 15.8. The Morgan fingerprint density at radius 2 is 1.77 bits per heavy atom. The molecule has 1 aromatic carbocycles. The molecule has 0 radical (unpaired) electrons. The second-order valence-electron chi connectivity index (χ2n) is 8.48. The van der Waals surface area contributed by atoms with Crippen LogP contribution in [0.3, 0.4) is 0 Å². The SMILES string of the molecule is CC1(C)CC(Nc2ccnc(-c3ccc4c(c3)OCO4)n2)CC(C)(C)N1. The highest BCUT2D eigenvalue weighted by Crippen LogP contribution is 2.35. The lowest BCUT2D eigenvalue weighted by atomic mass is 9.79. The van der Waals surface area contributed by atoms with Crippen LogP contribution in [-0.2, 0) is 0 Å². The van der Waals surface area contributed by atoms with Crippen molar-refractivity contribution in [3.63, 3.8) is 0 Å². The molecule has 2 aliphatic heterocycles. The van der Waals surface area contributed by atoms with Crippen molar-refractivity contribution < 1.29 is 9.47 Å². The summed E-state index contributed by atoms with van der Waals surface area (Å²) in [6, 6.07) is 8.08. The molecule has 26 heavy (non-hydrogen) atoms. The maximum atomic E-state index is 5.46. The van der Waals surface area contributed by atoms with Crippen molar-refractivity contribution in [2.24, 2.45) is 0 Å². The lowest BCUT2D eigenvalue weighted by Gasteiger charge is -2.46. The molecule has 0 amide bonds. The first-order chi connectivity index (χ1) is 12.3. The van der Waals surface area contributed by atoms with Crippen molar-refractivity contribution in [2.45, 2.75) is 57.7 Å². The number of fused-ring (bicyclic) bond motifs is 1. The van der Waals surface area contributed by atoms with Crippen LogP contribution in [0.5, 0.6) is 11.5 Å². The number of hydrogen-bond donors (Lipinski definition) is 2. The minimum absolute atomic E-state index is 0.0899. The zero-order chi connectivity index (χ0) is 18.4. The van der Waals surface area contributed by atoms with Gasteiger partial charge in [0, 0.05) is 28.9 Å². The molecule has 138 valence electrons. The Bertz CT molecular complexity index is 803. The average Bonchev–Trinajstić information content (AvgIpc) is 2.99. The van der Waals surface area contributed by atoms with Crippen LogP contribution >= 0.6 is 0 Å². The normalized spacial score (nSPS) is 20.8. The van der Waals surface area contributed by atoms with Crippen LogP contribution in [-0.4, -0.2) is 33.9 Å². The monoisotopic (exact) mass is 354 g/mol. The third kappa shape index (κ3) is 3.60. The van der Waals surface area contributed by atoms with Crippen molar-refractivity contribution in [3.05, 3.63) is 30.5 Å². The number of ether oxygens (including phenoxy) is 2. The van der Waals surface area contributed by atoms with Crippen molar-refractivity contribution >= 4 is 5.82 Å². The van der Waals surface area contributed by atoms with Crippen LogP contribution < -0.4 is 20.1 Å². The number of nitrogens with zero attached hydrogens (tertiary/aromatic N) is 2. The highest BCUT2D eigenvalue weighted by Gasteiger charge is 2.37. The summed E-state index contributed by atoms with van der Waals surface area (Å²) in [5.41, 5.74) is 1.10. The van der Waals surface area contributed by atoms with Gasteiger partial charge in [0.1, 0.15) is 5.82 Å². The lowest BCUT2D eigenvalue weighted by Crippen LogP contribution is -2.60. The molecule has 1 fully saturated rings. The molecule has 0 saturated carbocycles. The summed E-state index contributed by atoms with van der Waals surface area (Å²) < 4.78 is 10.8. The van der Waals surface area contributed by atoms with Gasteiger partial charge in [0.25, 0.3) is 0 Å². The quantitative estimate of drug-likeness (QED) is 0.878. The van der Waals surface area contributed by atoms with E-state index in [4.69, 9.17) is 14.5 Å². The summed E-state index contributed by atoms with van der Waals surface area (Å²) in [5.74, 6) is 3.04. The fraction of sp³-hybridized carbons (Fsp3) is 0.500. The first-order valence-corrected chi connectivity index (χ1v) is 9.09. The number of hydrogen-bond acceptors (Lipinski definition) is 6. The van der Waals surface area contributed by atoms with E-state index in [-0.39, 0.29) is 17.9 Å². The van der Waals surface area contributed by atoms with Crippen molar-refractivity contribution in [1.82, 2.24) is 15.3 Å². The number of benzene rings is 1. The number of nitrogens with one attached hydrogen (secondary N) is 2. The average molecular weight is 354 g/mol. The molecule has 3 heterocycles. The highest BCUT2D eigenvalue weighted by atomic mass is 16.7. The van der Waals surface area contributed by atoms with Crippen LogP contribution in [0.15, 0.2) is 30.5 Å². The van der Waals surface area contributed by atoms with Gasteiger partial charge in [0.15, 0.2) is 17.3 Å². The minimum Gasteiger partial charge on any atom is -0.454 e. The van der Waals surface area contributed by atoms with E-state index in [1.807, 2.05) is 24.3 Å². The molecule has 0 aliphatic carbocycles. The third-order valence-electron chi connectivity index (χ3n) is 4.83. The first kappa shape index (κ1) is 17.1. The Hall–Kier alpha value is -2.34. The number of rotatable bonds is 3. The molecule has 6 heteroatoms. The predicted octanol–water partition coefficient (Wildman–Crippen LogP) is 3.59. The predicted molar refractivity (Wildman–Crippen MR) is 102 cm³/mol. The van der Waals surface area contributed by atoms with Crippen LogP contribution in [0.1, 0.15) is 40.5 Å². The standard InChI is InChI=1S/C20H26N4O2/c1-19(2)10-14(11-20(3,4)24-19)22-17-7-8-21-18(23-17)13-5-6-15-16(9-13)26-12-25-15/h5-9,14,24H,10-12H2,1-4H3,(H,21,22,23). The molecule has 6 nitrogen and oxygen atoms in total. The molecule has 1 saturated heterocycles. The molecule has 2 aromatic rings. The van der Waals surface area contributed by atoms with Gasteiger partial charge in [-0.1, -0.05) is 0 Å². The molecule has 0 atom stereocenters. The van der Waals surface area contributed by atoms with Gasteiger partial charge in [-0.05, 0) is 64.8 Å². The van der Waals surface area contributed by atoms with Gasteiger partial charge < -0.3 is 20.1 Å². The molecule has 0 unspecified atom stereocenters. The van der Waals surface area contributed by atoms with Crippen molar-refractivity contribution in [3.8, 4) is 22.9 Å². The number of aromatic nitrogens is 2. The second kappa shape index (κ2) is 6.13. The first-order valence-electron chi connectivity index (χ1n) is 9.09. The second-order valence-corrected chi connectivity index (χ2v) is 8.48. The largest absolute Gasteiger partial charge is 0.454 e. The molecule has 4 rings (SSSR count). The fourth-order valence-electron chi connectivity index (χ4n) is 4.25. The van der Waals surface area contributed by atoms with Crippen LogP contribution in [0.4, 0.5) is 5.82 Å². The van der Waals surface area contributed by atoms with Gasteiger partial charge in [-0.15, -0.1) is 0 Å². The van der Waals surface area contributed by atoms with E-state index in [0.717, 1.165) is 35.7 Å². The van der Waals surface area contributed by atoms with E-state index < -0.39 is 0 Å². The van der Waals surface area contributed by atoms with E-state index in [1.54, 1.807) is 6.20 Å². The zero-order valence-electron chi connectivity index (χ0n) is 15.8. The summed E-state index contributed by atoms with van der Waals surface area (Å²) in [4.78, 5) is 9.14. The number of anilines is 1. The maximum Gasteiger partial charge on any atom is 0.231 e. The summed E-state index contributed by atoms with van der Waals surface area (Å²) in [6.07, 6.45) is 3.88. The molecular formula is C20H26N4O2. The minimum atomic E-state index is 0.0899. The summed E-state index contributed by atoms with van der Waals surface area (Å²) in [7, 11) is 0. The van der Waals surface area contributed by atoms with E-state index >= 15 is 0 Å². The van der Waals surface area contributed by atoms with Gasteiger partial charge in [0.05, 0.1) is 0 Å². The highest BCUT2D eigenvalue weighted by molar-refractivity contribution is 5.62. The van der Waals surface area contributed by atoms with E-state index in [9.17, 15) is 0 Å². The van der Waals surface area contributed by atoms with Crippen LogP contribution in [0, 0.1) is 0 Å². The summed E-state index contributed by atoms with van der Waals surface area (Å²) >= 11 is 0. The van der Waals surface area contributed by atoms with Crippen molar-refractivity contribution in [1.29, 1.82) is 0 Å². The summed E-state index contributed by atoms with van der Waals surface area (Å²) in [6.45, 7) is 9.27. The topological polar surface area (TPSA) is 68.3 Å². The Morgan fingerprint density at radius 3 is 2.54 bits per heavy atom. The molecule has 2 N–H and O–H groups in total.